The molecule has 0 spiro atoms. The molecule has 1 aliphatic rings. The number of benzene rings is 1. The Morgan fingerprint density at radius 1 is 1.15 bits per heavy atom. The van der Waals surface area contributed by atoms with Crippen molar-refractivity contribution in [2.24, 2.45) is 0 Å². The summed E-state index contributed by atoms with van der Waals surface area (Å²) >= 11 is 6.00. The largest absolute Gasteiger partial charge is 0.356 e. The molecule has 4 rings (SSSR count). The van der Waals surface area contributed by atoms with E-state index in [2.05, 4.69) is 16.8 Å². The molecule has 3 heterocycles. The predicted molar refractivity (Wildman–Crippen MR) is 103 cm³/mol. The number of piperidine rings is 1. The molecule has 3 aromatic rings. The summed E-state index contributed by atoms with van der Waals surface area (Å²) in [6.45, 7) is 5.54. The lowest BCUT2D eigenvalue weighted by atomic mass is 9.98. The van der Waals surface area contributed by atoms with E-state index in [0.717, 1.165) is 33.4 Å². The van der Waals surface area contributed by atoms with Gasteiger partial charge in [0.15, 0.2) is 5.65 Å². The van der Waals surface area contributed by atoms with Crippen LogP contribution in [0.5, 0.6) is 0 Å². The predicted octanol–water partition coefficient (Wildman–Crippen LogP) is 4.78. The van der Waals surface area contributed by atoms with Crippen LogP contribution in [0, 0.1) is 6.92 Å². The molecule has 26 heavy (non-hydrogen) atoms. The molecule has 0 radical (unpaired) electrons. The van der Waals surface area contributed by atoms with Crippen molar-refractivity contribution >= 4 is 23.1 Å². The molecule has 0 aliphatic carbocycles. The van der Waals surface area contributed by atoms with E-state index in [1.54, 1.807) is 0 Å². The van der Waals surface area contributed by atoms with Crippen LogP contribution in [-0.4, -0.2) is 33.9 Å². The number of aryl methyl sites for hydroxylation is 1. The molecule has 1 aromatic carbocycles. The van der Waals surface area contributed by atoms with E-state index in [1.165, 1.54) is 0 Å². The summed E-state index contributed by atoms with van der Waals surface area (Å²) in [6.07, 6.45) is 0.443. The molecule has 1 atom stereocenters. The maximum Gasteiger partial charge on any atom is 0.157 e. The third-order valence-corrected chi connectivity index (χ3v) is 5.37. The zero-order valence-corrected chi connectivity index (χ0v) is 15.7. The van der Waals surface area contributed by atoms with Crippen LogP contribution in [0.1, 0.15) is 42.6 Å². The topological polar surface area (TPSA) is 33.4 Å². The smallest absolute Gasteiger partial charge is 0.157 e. The van der Waals surface area contributed by atoms with Gasteiger partial charge in [-0.1, -0.05) is 30.7 Å². The van der Waals surface area contributed by atoms with Gasteiger partial charge in [-0.2, -0.15) is 9.61 Å². The van der Waals surface area contributed by atoms with Crippen molar-refractivity contribution in [3.8, 4) is 0 Å². The first-order valence-electron chi connectivity index (χ1n) is 9.03. The molecule has 2 aromatic heterocycles. The number of halogens is 2. The Kier molecular flexibility index (Phi) is 4.57. The maximum absolute atomic E-state index is 13.5. The summed E-state index contributed by atoms with van der Waals surface area (Å²) in [6, 6.07) is 11.9. The highest BCUT2D eigenvalue weighted by molar-refractivity contribution is 6.30. The van der Waals surface area contributed by atoms with E-state index in [1.807, 2.05) is 47.8 Å². The Morgan fingerprint density at radius 2 is 1.85 bits per heavy atom. The molecular weight excluding hydrogens is 351 g/mol. The average Bonchev–Trinajstić information content (AvgIpc) is 3.05. The van der Waals surface area contributed by atoms with Gasteiger partial charge in [0, 0.05) is 41.9 Å². The summed E-state index contributed by atoms with van der Waals surface area (Å²) in [7, 11) is 0. The van der Waals surface area contributed by atoms with Crippen LogP contribution in [0.2, 0.25) is 5.02 Å². The fraction of sp³-hybridized carbons (Fsp3) is 0.400. The maximum atomic E-state index is 13.5. The van der Waals surface area contributed by atoms with Crippen LogP contribution in [0.15, 0.2) is 36.4 Å². The van der Waals surface area contributed by atoms with Crippen LogP contribution in [0.4, 0.5) is 10.2 Å². The summed E-state index contributed by atoms with van der Waals surface area (Å²) in [5.41, 5.74) is 3.90. The monoisotopic (exact) mass is 372 g/mol. The summed E-state index contributed by atoms with van der Waals surface area (Å²) < 4.78 is 15.4. The number of hydrogen-bond donors (Lipinski definition) is 0. The zero-order valence-electron chi connectivity index (χ0n) is 15.0. The lowest BCUT2D eigenvalue weighted by Crippen LogP contribution is -2.35. The van der Waals surface area contributed by atoms with Crippen molar-refractivity contribution < 1.29 is 4.39 Å². The first-order valence-corrected chi connectivity index (χ1v) is 9.41. The van der Waals surface area contributed by atoms with E-state index in [0.29, 0.717) is 25.9 Å². The summed E-state index contributed by atoms with van der Waals surface area (Å²) in [5, 5.41) is 5.56. The minimum Gasteiger partial charge on any atom is -0.356 e. The second kappa shape index (κ2) is 6.88. The van der Waals surface area contributed by atoms with Gasteiger partial charge in [-0.05, 0) is 37.5 Å². The number of aromatic nitrogens is 3. The number of anilines is 1. The molecule has 0 N–H and O–H groups in total. The SMILES string of the molecule is Cc1cc(N2CCC(F)CC2)n2nc(C(C)c3ccc(Cl)cc3)cc2n1. The third-order valence-electron chi connectivity index (χ3n) is 5.12. The zero-order chi connectivity index (χ0) is 18.3. The van der Waals surface area contributed by atoms with Crippen LogP contribution < -0.4 is 4.90 Å². The lowest BCUT2D eigenvalue weighted by molar-refractivity contribution is 0.276. The van der Waals surface area contributed by atoms with E-state index in [9.17, 15) is 4.39 Å². The minimum atomic E-state index is -0.692. The fourth-order valence-corrected chi connectivity index (χ4v) is 3.66. The van der Waals surface area contributed by atoms with Gasteiger partial charge in [-0.25, -0.2) is 9.37 Å². The highest BCUT2D eigenvalue weighted by Crippen LogP contribution is 2.28. The number of nitrogens with zero attached hydrogens (tertiary/aromatic N) is 4. The molecule has 1 fully saturated rings. The van der Waals surface area contributed by atoms with E-state index in [-0.39, 0.29) is 5.92 Å². The van der Waals surface area contributed by atoms with Crippen molar-refractivity contribution in [1.29, 1.82) is 0 Å². The molecule has 136 valence electrons. The standard InChI is InChI=1S/C20H22ClFN4/c1-13-11-20(25-9-7-17(22)8-10-25)26-19(23-13)12-18(24-26)14(2)15-3-5-16(21)6-4-15/h3-6,11-12,14,17H,7-10H2,1-2H3. The Bertz CT molecular complexity index is 913. The van der Waals surface area contributed by atoms with Gasteiger partial charge < -0.3 is 4.90 Å². The fourth-order valence-electron chi connectivity index (χ4n) is 3.53. The lowest BCUT2D eigenvalue weighted by Gasteiger charge is -2.30. The molecule has 0 amide bonds. The van der Waals surface area contributed by atoms with Gasteiger partial charge in [0.25, 0.3) is 0 Å². The van der Waals surface area contributed by atoms with Gasteiger partial charge in [-0.3, -0.25) is 0 Å². The van der Waals surface area contributed by atoms with Crippen LogP contribution in [0.25, 0.3) is 5.65 Å². The van der Waals surface area contributed by atoms with Crippen molar-refractivity contribution in [1.82, 2.24) is 14.6 Å². The highest BCUT2D eigenvalue weighted by atomic mass is 35.5. The quantitative estimate of drug-likeness (QED) is 0.663. The molecule has 4 nitrogen and oxygen atoms in total. The van der Waals surface area contributed by atoms with Gasteiger partial charge in [0.1, 0.15) is 12.0 Å². The summed E-state index contributed by atoms with van der Waals surface area (Å²) in [4.78, 5) is 6.85. The minimum absolute atomic E-state index is 0.138. The van der Waals surface area contributed by atoms with E-state index >= 15 is 0 Å². The Balaban J connectivity index is 1.72. The Hall–Kier alpha value is -2.14. The van der Waals surface area contributed by atoms with E-state index in [4.69, 9.17) is 16.7 Å². The first-order chi connectivity index (χ1) is 12.5. The Labute approximate surface area is 157 Å². The highest BCUT2D eigenvalue weighted by Gasteiger charge is 2.22. The molecule has 6 heteroatoms. The molecule has 0 bridgehead atoms. The van der Waals surface area contributed by atoms with E-state index < -0.39 is 6.17 Å². The number of rotatable bonds is 3. The molecule has 0 saturated carbocycles. The number of alkyl halides is 1. The van der Waals surface area contributed by atoms with Crippen LogP contribution >= 0.6 is 11.6 Å². The average molecular weight is 373 g/mol. The normalized spacial score (nSPS) is 17.0. The van der Waals surface area contributed by atoms with Gasteiger partial charge in [0.05, 0.1) is 5.69 Å². The molecular formula is C20H22ClFN4. The summed E-state index contributed by atoms with van der Waals surface area (Å²) in [5.74, 6) is 1.13. The number of fused-ring (bicyclic) bond motifs is 1. The third kappa shape index (κ3) is 3.28. The van der Waals surface area contributed by atoms with Gasteiger partial charge in [0.2, 0.25) is 0 Å². The van der Waals surface area contributed by atoms with Crippen LogP contribution in [-0.2, 0) is 0 Å². The van der Waals surface area contributed by atoms with Crippen molar-refractivity contribution in [3.63, 3.8) is 0 Å². The van der Waals surface area contributed by atoms with Crippen molar-refractivity contribution in [2.75, 3.05) is 18.0 Å². The van der Waals surface area contributed by atoms with Gasteiger partial charge in [-0.15, -0.1) is 0 Å². The molecule has 1 unspecified atom stereocenters. The van der Waals surface area contributed by atoms with Crippen molar-refractivity contribution in [2.45, 2.75) is 38.8 Å². The Morgan fingerprint density at radius 3 is 2.54 bits per heavy atom. The van der Waals surface area contributed by atoms with Gasteiger partial charge >= 0.3 is 0 Å². The molecule has 1 aliphatic heterocycles. The molecule has 1 saturated heterocycles. The van der Waals surface area contributed by atoms with Crippen molar-refractivity contribution in [3.05, 3.63) is 58.4 Å². The first kappa shape index (κ1) is 17.3. The second-order valence-electron chi connectivity index (χ2n) is 7.03. The number of hydrogen-bond acceptors (Lipinski definition) is 3. The van der Waals surface area contributed by atoms with Crippen LogP contribution in [0.3, 0.4) is 0 Å². The second-order valence-corrected chi connectivity index (χ2v) is 7.47.